The van der Waals surface area contributed by atoms with Gasteiger partial charge >= 0.3 is 0 Å². The van der Waals surface area contributed by atoms with E-state index in [1.807, 2.05) is 45.0 Å². The maximum absolute atomic E-state index is 12.8. The molecule has 1 aliphatic heterocycles. The largest absolute Gasteiger partial charge is 0.503 e. The Bertz CT molecular complexity index is 714. The first kappa shape index (κ1) is 17.7. The van der Waals surface area contributed by atoms with Gasteiger partial charge in [-0.15, -0.1) is 0 Å². The number of aliphatic hydroxyl groups excluding tert-OH is 1. The van der Waals surface area contributed by atoms with Crippen LogP contribution >= 0.6 is 0 Å². The van der Waals surface area contributed by atoms with Crippen LogP contribution in [0.1, 0.15) is 63.1 Å². The molecule has 134 valence electrons. The molecule has 0 saturated heterocycles. The summed E-state index contributed by atoms with van der Waals surface area (Å²) < 4.78 is 0. The quantitative estimate of drug-likeness (QED) is 0.871. The van der Waals surface area contributed by atoms with Gasteiger partial charge in [0.2, 0.25) is 0 Å². The van der Waals surface area contributed by atoms with Crippen LogP contribution in [0.2, 0.25) is 0 Å². The smallest absolute Gasteiger partial charge is 0.290 e. The fourth-order valence-electron chi connectivity index (χ4n) is 4.12. The van der Waals surface area contributed by atoms with E-state index in [1.165, 1.54) is 0 Å². The molecule has 1 aliphatic carbocycles. The first-order chi connectivity index (χ1) is 11.9. The third kappa shape index (κ3) is 3.35. The molecule has 1 aromatic rings. The predicted molar refractivity (Wildman–Crippen MR) is 97.1 cm³/mol. The molecule has 1 fully saturated rings. The Balaban J connectivity index is 2.06. The number of aryl methyl sites for hydroxylation is 1. The number of rotatable bonds is 5. The molecule has 1 N–H and O–H groups in total. The summed E-state index contributed by atoms with van der Waals surface area (Å²) in [4.78, 5) is 27.4. The lowest BCUT2D eigenvalue weighted by Crippen LogP contribution is -2.38. The lowest BCUT2D eigenvalue weighted by molar-refractivity contribution is -0.131. The normalized spacial score (nSPS) is 21.7. The van der Waals surface area contributed by atoms with E-state index >= 15 is 0 Å². The van der Waals surface area contributed by atoms with Crippen molar-refractivity contribution in [3.63, 3.8) is 0 Å². The molecule has 1 heterocycles. The molecule has 4 heteroatoms. The van der Waals surface area contributed by atoms with Crippen molar-refractivity contribution < 1.29 is 14.7 Å². The second-order valence-electron chi connectivity index (χ2n) is 7.75. The maximum atomic E-state index is 12.8. The molecule has 2 aliphatic rings. The van der Waals surface area contributed by atoms with E-state index in [2.05, 4.69) is 0 Å². The number of nitrogens with zero attached hydrogens (tertiary/aromatic N) is 1. The number of ketones is 1. The molecule has 0 aromatic heterocycles. The minimum atomic E-state index is -0.457. The minimum absolute atomic E-state index is 0.101. The Morgan fingerprint density at radius 1 is 1.28 bits per heavy atom. The first-order valence-corrected chi connectivity index (χ1v) is 9.25. The SMILES string of the molecule is Cc1cccc(C2C(C(=O)CC(C)C)=C(O)C(=O)N2C2CCCC2)c1. The van der Waals surface area contributed by atoms with Gasteiger partial charge in [-0.25, -0.2) is 0 Å². The average Bonchev–Trinajstić information content (AvgIpc) is 3.14. The molecule has 3 rings (SSSR count). The summed E-state index contributed by atoms with van der Waals surface area (Å²) in [7, 11) is 0. The number of carbonyl (C=O) groups excluding carboxylic acids is 2. The summed E-state index contributed by atoms with van der Waals surface area (Å²) in [5, 5.41) is 10.5. The Kier molecular flexibility index (Phi) is 4.98. The zero-order valence-electron chi connectivity index (χ0n) is 15.3. The zero-order valence-corrected chi connectivity index (χ0v) is 15.3. The molecular weight excluding hydrogens is 314 g/mol. The van der Waals surface area contributed by atoms with Gasteiger partial charge in [-0.1, -0.05) is 56.5 Å². The van der Waals surface area contributed by atoms with Crippen molar-refractivity contribution in [2.24, 2.45) is 5.92 Å². The van der Waals surface area contributed by atoms with Crippen LogP contribution in [-0.2, 0) is 9.59 Å². The maximum Gasteiger partial charge on any atom is 0.290 e. The standard InChI is InChI=1S/C21H27NO3/c1-13(2)11-17(23)18-19(15-8-6-7-14(3)12-15)22(21(25)20(18)24)16-9-4-5-10-16/h6-8,12-13,16,19,24H,4-5,9-11H2,1-3H3. The number of hydrogen-bond donors (Lipinski definition) is 1. The number of aliphatic hydroxyl groups is 1. The number of Topliss-reactive ketones (excluding diaryl/α,β-unsaturated/α-hetero) is 1. The van der Waals surface area contributed by atoms with Crippen molar-refractivity contribution in [1.29, 1.82) is 0 Å². The van der Waals surface area contributed by atoms with Crippen LogP contribution in [0, 0.1) is 12.8 Å². The van der Waals surface area contributed by atoms with E-state index in [0.717, 1.165) is 36.8 Å². The van der Waals surface area contributed by atoms with Crippen LogP contribution in [0.15, 0.2) is 35.6 Å². The molecule has 1 amide bonds. The first-order valence-electron chi connectivity index (χ1n) is 9.25. The summed E-state index contributed by atoms with van der Waals surface area (Å²) in [6, 6.07) is 7.56. The summed E-state index contributed by atoms with van der Waals surface area (Å²) in [6.07, 6.45) is 4.39. The van der Waals surface area contributed by atoms with Crippen LogP contribution in [0.4, 0.5) is 0 Å². The Hall–Kier alpha value is -2.10. The Morgan fingerprint density at radius 3 is 2.56 bits per heavy atom. The van der Waals surface area contributed by atoms with Crippen molar-refractivity contribution >= 4 is 11.7 Å². The molecule has 1 atom stereocenters. The topological polar surface area (TPSA) is 57.6 Å². The Morgan fingerprint density at radius 2 is 1.96 bits per heavy atom. The average molecular weight is 341 g/mol. The van der Waals surface area contributed by atoms with Gasteiger partial charge in [0.05, 0.1) is 11.6 Å². The highest BCUT2D eigenvalue weighted by Crippen LogP contribution is 2.43. The summed E-state index contributed by atoms with van der Waals surface area (Å²) in [6.45, 7) is 5.95. The molecule has 0 radical (unpaired) electrons. The van der Waals surface area contributed by atoms with Gasteiger partial charge in [0.25, 0.3) is 5.91 Å². The highest BCUT2D eigenvalue weighted by molar-refractivity contribution is 6.09. The van der Waals surface area contributed by atoms with Crippen molar-refractivity contribution in [3.05, 3.63) is 46.7 Å². The molecule has 0 bridgehead atoms. The number of carbonyl (C=O) groups is 2. The molecule has 1 unspecified atom stereocenters. The van der Waals surface area contributed by atoms with Crippen LogP contribution in [0.25, 0.3) is 0 Å². The third-order valence-electron chi connectivity index (χ3n) is 5.21. The van der Waals surface area contributed by atoms with Crippen molar-refractivity contribution in [2.75, 3.05) is 0 Å². The summed E-state index contributed by atoms with van der Waals surface area (Å²) in [5.74, 6) is -0.663. The van der Waals surface area contributed by atoms with Crippen LogP contribution < -0.4 is 0 Å². The van der Waals surface area contributed by atoms with Gasteiger partial charge < -0.3 is 10.0 Å². The van der Waals surface area contributed by atoms with Gasteiger partial charge in [0.15, 0.2) is 11.5 Å². The second kappa shape index (κ2) is 7.03. The van der Waals surface area contributed by atoms with E-state index in [1.54, 1.807) is 4.90 Å². The molecule has 0 spiro atoms. The highest BCUT2D eigenvalue weighted by atomic mass is 16.3. The molecule has 4 nitrogen and oxygen atoms in total. The lowest BCUT2D eigenvalue weighted by Gasteiger charge is -2.32. The van der Waals surface area contributed by atoms with Gasteiger partial charge in [-0.3, -0.25) is 9.59 Å². The third-order valence-corrected chi connectivity index (χ3v) is 5.21. The number of amides is 1. The van der Waals surface area contributed by atoms with Gasteiger partial charge in [0, 0.05) is 12.5 Å². The van der Waals surface area contributed by atoms with Gasteiger partial charge in [-0.05, 0) is 31.2 Å². The second-order valence-corrected chi connectivity index (χ2v) is 7.75. The summed E-state index contributed by atoms with van der Waals surface area (Å²) >= 11 is 0. The molecular formula is C21H27NO3. The zero-order chi connectivity index (χ0) is 18.1. The van der Waals surface area contributed by atoms with E-state index in [-0.39, 0.29) is 35.0 Å². The van der Waals surface area contributed by atoms with Crippen molar-refractivity contribution in [3.8, 4) is 0 Å². The Labute approximate surface area is 149 Å². The van der Waals surface area contributed by atoms with Crippen molar-refractivity contribution in [1.82, 2.24) is 4.90 Å². The van der Waals surface area contributed by atoms with E-state index in [4.69, 9.17) is 0 Å². The van der Waals surface area contributed by atoms with Gasteiger partial charge in [-0.2, -0.15) is 0 Å². The lowest BCUT2D eigenvalue weighted by atomic mass is 9.91. The van der Waals surface area contributed by atoms with Gasteiger partial charge in [0.1, 0.15) is 0 Å². The van der Waals surface area contributed by atoms with E-state index < -0.39 is 6.04 Å². The fourth-order valence-corrected chi connectivity index (χ4v) is 4.12. The highest BCUT2D eigenvalue weighted by Gasteiger charge is 2.46. The van der Waals surface area contributed by atoms with E-state index in [0.29, 0.717) is 6.42 Å². The molecule has 25 heavy (non-hydrogen) atoms. The molecule has 1 aromatic carbocycles. The minimum Gasteiger partial charge on any atom is -0.503 e. The van der Waals surface area contributed by atoms with Crippen LogP contribution in [0.5, 0.6) is 0 Å². The number of hydrogen-bond acceptors (Lipinski definition) is 3. The van der Waals surface area contributed by atoms with Crippen LogP contribution in [0.3, 0.4) is 0 Å². The van der Waals surface area contributed by atoms with E-state index in [9.17, 15) is 14.7 Å². The van der Waals surface area contributed by atoms with Crippen molar-refractivity contribution in [2.45, 2.75) is 65.0 Å². The van der Waals surface area contributed by atoms with Crippen LogP contribution in [-0.4, -0.2) is 27.7 Å². The fraction of sp³-hybridized carbons (Fsp3) is 0.524. The molecule has 1 saturated carbocycles. The number of benzene rings is 1. The monoisotopic (exact) mass is 341 g/mol. The predicted octanol–water partition coefficient (Wildman–Crippen LogP) is 4.25. The summed E-state index contributed by atoms with van der Waals surface area (Å²) in [5.41, 5.74) is 2.28.